The predicted octanol–water partition coefficient (Wildman–Crippen LogP) is 3.67. The van der Waals surface area contributed by atoms with Gasteiger partial charge in [0.15, 0.2) is 0 Å². The lowest BCUT2D eigenvalue weighted by Gasteiger charge is -2.33. The molecule has 5 rings (SSSR count). The Labute approximate surface area is 228 Å². The molecule has 0 radical (unpaired) electrons. The number of urea groups is 1. The van der Waals surface area contributed by atoms with Crippen LogP contribution in [0, 0.1) is 6.92 Å². The molecular weight excluding hydrogens is 490 g/mol. The Balaban J connectivity index is 1.49. The fourth-order valence-corrected chi connectivity index (χ4v) is 5.18. The average Bonchev–Trinajstić information content (AvgIpc) is 3.29. The summed E-state index contributed by atoms with van der Waals surface area (Å²) >= 11 is 0. The summed E-state index contributed by atoms with van der Waals surface area (Å²) < 4.78 is 0. The molecule has 4 amide bonds. The number of pyridine rings is 1. The van der Waals surface area contributed by atoms with Gasteiger partial charge in [-0.05, 0) is 29.7 Å². The maximum Gasteiger partial charge on any atom is 0.322 e. The van der Waals surface area contributed by atoms with Crippen molar-refractivity contribution in [1.29, 1.82) is 0 Å². The molecule has 2 aliphatic heterocycles. The molecule has 2 aromatic carbocycles. The maximum absolute atomic E-state index is 14.1. The van der Waals surface area contributed by atoms with E-state index in [0.29, 0.717) is 24.2 Å². The fraction of sp³-hybridized carbons (Fsp3) is 0.226. The zero-order valence-electron chi connectivity index (χ0n) is 21.8. The van der Waals surface area contributed by atoms with E-state index in [1.807, 2.05) is 73.7 Å². The highest BCUT2D eigenvalue weighted by molar-refractivity contribution is 6.03. The molecule has 0 fully saturated rings. The van der Waals surface area contributed by atoms with E-state index < -0.39 is 12.1 Å². The van der Waals surface area contributed by atoms with E-state index in [2.05, 4.69) is 22.2 Å². The topological polar surface area (TPSA) is 94.6 Å². The lowest BCUT2D eigenvalue weighted by Crippen LogP contribution is -2.49. The van der Waals surface area contributed by atoms with E-state index in [-0.39, 0.29) is 30.9 Å². The first-order valence-corrected chi connectivity index (χ1v) is 13.0. The third kappa shape index (κ3) is 5.45. The quantitative estimate of drug-likeness (QED) is 0.420. The number of carbonyl (C=O) groups is 3. The predicted molar refractivity (Wildman–Crippen MR) is 148 cm³/mol. The van der Waals surface area contributed by atoms with Gasteiger partial charge >= 0.3 is 6.03 Å². The summed E-state index contributed by atoms with van der Waals surface area (Å²) in [5.41, 5.74) is 4.74. The normalized spacial score (nSPS) is 17.5. The highest BCUT2D eigenvalue weighted by Gasteiger charge is 2.46. The van der Waals surface area contributed by atoms with Crippen LogP contribution < -0.4 is 10.6 Å². The van der Waals surface area contributed by atoms with Crippen molar-refractivity contribution < 1.29 is 14.4 Å². The standard InChI is InChI=1S/C31H31N5O3/c1-3-15-35-26-20-36(30(38)27(26)28(34-31(35)39)24-13-7-9-21(2)16-24)25(17-22-10-5-4-6-11-22)29(37)33-19-23-12-8-14-32-18-23/h3-14,16,18,25,28H,1,15,17,19-20H2,2H3,(H,33,37)(H,34,39)/t25-,28+/m0/s1. The summed E-state index contributed by atoms with van der Waals surface area (Å²) in [4.78, 5) is 48.2. The van der Waals surface area contributed by atoms with E-state index in [1.54, 1.807) is 28.3 Å². The number of amides is 4. The summed E-state index contributed by atoms with van der Waals surface area (Å²) in [6, 6.07) is 19.4. The minimum atomic E-state index is -0.777. The van der Waals surface area contributed by atoms with Gasteiger partial charge in [0.05, 0.1) is 23.9 Å². The molecule has 3 aromatic rings. The number of carbonyl (C=O) groups excluding carboxylic acids is 3. The molecule has 0 bridgehead atoms. The second kappa shape index (κ2) is 11.3. The molecular formula is C31H31N5O3. The number of nitrogens with zero attached hydrogens (tertiary/aromatic N) is 3. The molecule has 2 N–H and O–H groups in total. The number of aromatic nitrogens is 1. The van der Waals surface area contributed by atoms with E-state index in [4.69, 9.17) is 0 Å². The summed E-state index contributed by atoms with van der Waals surface area (Å²) in [6.45, 7) is 6.46. The Morgan fingerprint density at radius 2 is 1.92 bits per heavy atom. The average molecular weight is 522 g/mol. The van der Waals surface area contributed by atoms with Crippen LogP contribution in [-0.2, 0) is 22.6 Å². The van der Waals surface area contributed by atoms with Gasteiger partial charge in [0.1, 0.15) is 6.04 Å². The van der Waals surface area contributed by atoms with Crippen molar-refractivity contribution in [1.82, 2.24) is 25.4 Å². The first kappa shape index (κ1) is 25.9. The monoisotopic (exact) mass is 521 g/mol. The molecule has 198 valence electrons. The number of hydrogen-bond acceptors (Lipinski definition) is 4. The molecule has 0 spiro atoms. The van der Waals surface area contributed by atoms with E-state index in [9.17, 15) is 14.4 Å². The number of nitrogens with one attached hydrogen (secondary N) is 2. The molecule has 8 nitrogen and oxygen atoms in total. The lowest BCUT2D eigenvalue weighted by molar-refractivity contribution is -0.136. The van der Waals surface area contributed by atoms with Crippen molar-refractivity contribution in [2.24, 2.45) is 0 Å². The Kier molecular flexibility index (Phi) is 7.54. The summed E-state index contributed by atoms with van der Waals surface area (Å²) in [6.07, 6.45) is 5.35. The van der Waals surface area contributed by atoms with Crippen molar-refractivity contribution in [2.75, 3.05) is 13.1 Å². The van der Waals surface area contributed by atoms with Crippen molar-refractivity contribution in [3.63, 3.8) is 0 Å². The lowest BCUT2D eigenvalue weighted by atomic mass is 9.94. The van der Waals surface area contributed by atoms with E-state index in [1.165, 1.54) is 0 Å². The van der Waals surface area contributed by atoms with Crippen LogP contribution in [0.3, 0.4) is 0 Å². The zero-order chi connectivity index (χ0) is 27.4. The molecule has 39 heavy (non-hydrogen) atoms. The van der Waals surface area contributed by atoms with Crippen LogP contribution in [0.1, 0.15) is 28.3 Å². The molecule has 2 aliphatic rings. The fourth-order valence-electron chi connectivity index (χ4n) is 5.18. The van der Waals surface area contributed by atoms with Gasteiger partial charge in [-0.1, -0.05) is 72.3 Å². The van der Waals surface area contributed by atoms with Crippen LogP contribution in [-0.4, -0.2) is 51.8 Å². The maximum atomic E-state index is 14.1. The van der Waals surface area contributed by atoms with Crippen LogP contribution in [0.5, 0.6) is 0 Å². The molecule has 0 saturated carbocycles. The van der Waals surface area contributed by atoms with Gasteiger partial charge in [-0.15, -0.1) is 6.58 Å². The van der Waals surface area contributed by atoms with Gasteiger partial charge in [0, 0.05) is 31.9 Å². The molecule has 2 atom stereocenters. The second-order valence-electron chi connectivity index (χ2n) is 9.77. The molecule has 0 unspecified atom stereocenters. The van der Waals surface area contributed by atoms with Gasteiger partial charge in [0.2, 0.25) is 5.91 Å². The van der Waals surface area contributed by atoms with Crippen LogP contribution in [0.4, 0.5) is 4.79 Å². The smallest absolute Gasteiger partial charge is 0.322 e. The highest BCUT2D eigenvalue weighted by Crippen LogP contribution is 2.37. The van der Waals surface area contributed by atoms with Crippen LogP contribution in [0.15, 0.2) is 103 Å². The molecule has 0 aliphatic carbocycles. The molecule has 1 aromatic heterocycles. The van der Waals surface area contributed by atoms with Crippen molar-refractivity contribution >= 4 is 17.8 Å². The van der Waals surface area contributed by atoms with Crippen LogP contribution in [0.2, 0.25) is 0 Å². The minimum absolute atomic E-state index is 0.148. The Hall–Kier alpha value is -4.72. The summed E-state index contributed by atoms with van der Waals surface area (Å²) in [5.74, 6) is -0.527. The summed E-state index contributed by atoms with van der Waals surface area (Å²) in [5, 5.41) is 6.00. The number of benzene rings is 2. The number of aryl methyl sites for hydroxylation is 1. The van der Waals surface area contributed by atoms with Crippen molar-refractivity contribution in [2.45, 2.75) is 32.0 Å². The van der Waals surface area contributed by atoms with Gasteiger partial charge < -0.3 is 15.5 Å². The Morgan fingerprint density at radius 3 is 2.64 bits per heavy atom. The molecule has 8 heteroatoms. The third-order valence-corrected chi connectivity index (χ3v) is 7.08. The van der Waals surface area contributed by atoms with Gasteiger partial charge in [-0.25, -0.2) is 4.79 Å². The van der Waals surface area contributed by atoms with Crippen molar-refractivity contribution in [3.05, 3.63) is 125 Å². The Morgan fingerprint density at radius 1 is 1.13 bits per heavy atom. The van der Waals surface area contributed by atoms with E-state index >= 15 is 0 Å². The SMILES string of the molecule is C=CCN1C(=O)N[C@H](c2cccc(C)c2)C2=C1CN([C@@H](Cc1ccccc1)C(=O)NCc1cccnc1)C2=O. The van der Waals surface area contributed by atoms with E-state index in [0.717, 1.165) is 22.3 Å². The first-order chi connectivity index (χ1) is 19.0. The Bertz CT molecular complexity index is 1420. The largest absolute Gasteiger partial charge is 0.350 e. The first-order valence-electron chi connectivity index (χ1n) is 13.0. The third-order valence-electron chi connectivity index (χ3n) is 7.08. The highest BCUT2D eigenvalue weighted by atomic mass is 16.2. The van der Waals surface area contributed by atoms with Crippen molar-refractivity contribution in [3.8, 4) is 0 Å². The van der Waals surface area contributed by atoms with Gasteiger partial charge in [-0.2, -0.15) is 0 Å². The number of hydrogen-bond donors (Lipinski definition) is 2. The summed E-state index contributed by atoms with van der Waals surface area (Å²) in [7, 11) is 0. The zero-order valence-corrected chi connectivity index (χ0v) is 21.8. The second-order valence-corrected chi connectivity index (χ2v) is 9.77. The minimum Gasteiger partial charge on any atom is -0.350 e. The van der Waals surface area contributed by atoms with Crippen LogP contribution in [0.25, 0.3) is 0 Å². The van der Waals surface area contributed by atoms with Gasteiger partial charge in [0.25, 0.3) is 5.91 Å². The molecule has 3 heterocycles. The van der Waals surface area contributed by atoms with Crippen LogP contribution >= 0.6 is 0 Å². The molecule has 0 saturated heterocycles. The number of rotatable bonds is 9. The van der Waals surface area contributed by atoms with Gasteiger partial charge in [-0.3, -0.25) is 19.5 Å².